The van der Waals surface area contributed by atoms with Crippen LogP contribution in [0.5, 0.6) is 0 Å². The quantitative estimate of drug-likeness (QED) is 0.779. The number of nitrogens with zero attached hydrogens (tertiary/aromatic N) is 4. The fraction of sp³-hybridized carbons (Fsp3) is 0.421. The van der Waals surface area contributed by atoms with E-state index in [1.807, 2.05) is 12.1 Å². The molecular formula is C19H24N6O2. The first kappa shape index (κ1) is 18.9. The second-order valence-corrected chi connectivity index (χ2v) is 6.73. The van der Waals surface area contributed by atoms with Gasteiger partial charge in [-0.3, -0.25) is 14.6 Å². The minimum atomic E-state index is -0.245. The Hall–Kier alpha value is -2.87. The number of hydrogen-bond acceptors (Lipinski definition) is 6. The van der Waals surface area contributed by atoms with Crippen molar-refractivity contribution in [1.29, 1.82) is 0 Å². The molecule has 0 aromatic carbocycles. The molecule has 1 aliphatic rings. The lowest BCUT2D eigenvalue weighted by atomic mass is 9.97. The topological polar surface area (TPSA) is 114 Å². The SMILES string of the molecule is Cc1nc(-c2cccnc2)ncc1C(=O)NCCN1CCC[C@@H](C(N)=O)C1. The van der Waals surface area contributed by atoms with Gasteiger partial charge < -0.3 is 16.0 Å². The summed E-state index contributed by atoms with van der Waals surface area (Å²) in [6.45, 7) is 4.55. The largest absolute Gasteiger partial charge is 0.369 e. The zero-order valence-corrected chi connectivity index (χ0v) is 15.4. The number of piperidine rings is 1. The third-order valence-corrected chi connectivity index (χ3v) is 4.77. The molecule has 142 valence electrons. The number of nitrogens with one attached hydrogen (secondary N) is 1. The number of hydrogen-bond donors (Lipinski definition) is 2. The maximum absolute atomic E-state index is 12.4. The standard InChI is InChI=1S/C19H24N6O2/c1-13-16(11-23-18(24-13)14-4-2-6-21-10-14)19(27)22-7-9-25-8-3-5-15(12-25)17(20)26/h2,4,6,10-11,15H,3,5,7-9,12H2,1H3,(H2,20,26)(H,22,27)/t15-/m1/s1. The van der Waals surface area contributed by atoms with Crippen molar-refractivity contribution in [2.75, 3.05) is 26.2 Å². The van der Waals surface area contributed by atoms with E-state index in [9.17, 15) is 9.59 Å². The van der Waals surface area contributed by atoms with Crippen molar-refractivity contribution < 1.29 is 9.59 Å². The summed E-state index contributed by atoms with van der Waals surface area (Å²) < 4.78 is 0. The van der Waals surface area contributed by atoms with Gasteiger partial charge in [0.05, 0.1) is 17.2 Å². The minimum absolute atomic E-state index is 0.0925. The van der Waals surface area contributed by atoms with Gasteiger partial charge in [-0.1, -0.05) is 0 Å². The summed E-state index contributed by atoms with van der Waals surface area (Å²) in [7, 11) is 0. The number of nitrogens with two attached hydrogens (primary N) is 1. The van der Waals surface area contributed by atoms with E-state index in [2.05, 4.69) is 25.2 Å². The number of primary amides is 1. The number of rotatable bonds is 6. The zero-order valence-electron chi connectivity index (χ0n) is 15.4. The summed E-state index contributed by atoms with van der Waals surface area (Å²) in [6, 6.07) is 3.69. The van der Waals surface area contributed by atoms with Crippen LogP contribution in [0.25, 0.3) is 11.4 Å². The average Bonchev–Trinajstić information content (AvgIpc) is 2.68. The van der Waals surface area contributed by atoms with Crippen molar-refractivity contribution in [2.45, 2.75) is 19.8 Å². The molecule has 2 aromatic heterocycles. The molecule has 1 atom stereocenters. The molecule has 1 aliphatic heterocycles. The summed E-state index contributed by atoms with van der Waals surface area (Å²) in [6.07, 6.45) is 6.71. The van der Waals surface area contributed by atoms with Crippen LogP contribution in [0.1, 0.15) is 28.9 Å². The van der Waals surface area contributed by atoms with E-state index in [4.69, 9.17) is 5.73 Å². The van der Waals surface area contributed by atoms with Crippen LogP contribution in [0.15, 0.2) is 30.7 Å². The summed E-state index contributed by atoms with van der Waals surface area (Å²) in [5.74, 6) is 0.00647. The molecule has 0 saturated carbocycles. The van der Waals surface area contributed by atoms with E-state index in [0.29, 0.717) is 36.7 Å². The van der Waals surface area contributed by atoms with Gasteiger partial charge in [-0.2, -0.15) is 0 Å². The van der Waals surface area contributed by atoms with Crippen LogP contribution in [0.4, 0.5) is 0 Å². The van der Waals surface area contributed by atoms with E-state index < -0.39 is 0 Å². The van der Waals surface area contributed by atoms with Crippen molar-refractivity contribution in [3.05, 3.63) is 42.0 Å². The number of pyridine rings is 1. The molecule has 0 radical (unpaired) electrons. The first-order chi connectivity index (χ1) is 13.0. The van der Waals surface area contributed by atoms with Gasteiger partial charge in [-0.05, 0) is 38.4 Å². The van der Waals surface area contributed by atoms with Gasteiger partial charge >= 0.3 is 0 Å². The number of carbonyl (C=O) groups is 2. The molecular weight excluding hydrogens is 344 g/mol. The van der Waals surface area contributed by atoms with Gasteiger partial charge in [-0.25, -0.2) is 9.97 Å². The monoisotopic (exact) mass is 368 g/mol. The molecule has 0 aliphatic carbocycles. The van der Waals surface area contributed by atoms with E-state index in [0.717, 1.165) is 24.9 Å². The number of likely N-dealkylation sites (tertiary alicyclic amines) is 1. The van der Waals surface area contributed by atoms with Gasteiger partial charge in [0.15, 0.2) is 5.82 Å². The van der Waals surface area contributed by atoms with Crippen LogP contribution in [-0.4, -0.2) is 57.8 Å². The third kappa shape index (κ3) is 4.85. The Balaban J connectivity index is 1.54. The predicted molar refractivity (Wildman–Crippen MR) is 101 cm³/mol. The van der Waals surface area contributed by atoms with Gasteiger partial charge in [0, 0.05) is 43.8 Å². The second kappa shape index (κ2) is 8.68. The van der Waals surface area contributed by atoms with Crippen LogP contribution < -0.4 is 11.1 Å². The highest BCUT2D eigenvalue weighted by Gasteiger charge is 2.23. The molecule has 1 fully saturated rings. The van der Waals surface area contributed by atoms with E-state index >= 15 is 0 Å². The van der Waals surface area contributed by atoms with Gasteiger partial charge in [0.25, 0.3) is 5.91 Å². The van der Waals surface area contributed by atoms with Gasteiger partial charge in [0.2, 0.25) is 5.91 Å². The highest BCUT2D eigenvalue weighted by Crippen LogP contribution is 2.16. The molecule has 27 heavy (non-hydrogen) atoms. The number of aromatic nitrogens is 3. The lowest BCUT2D eigenvalue weighted by molar-refractivity contribution is -0.123. The molecule has 2 amide bonds. The fourth-order valence-corrected chi connectivity index (χ4v) is 3.24. The highest BCUT2D eigenvalue weighted by molar-refractivity contribution is 5.95. The molecule has 3 heterocycles. The Morgan fingerprint density at radius 2 is 2.22 bits per heavy atom. The molecule has 3 N–H and O–H groups in total. The number of aryl methyl sites for hydroxylation is 1. The Morgan fingerprint density at radius 1 is 1.37 bits per heavy atom. The molecule has 8 nitrogen and oxygen atoms in total. The summed E-state index contributed by atoms with van der Waals surface area (Å²) >= 11 is 0. The van der Waals surface area contributed by atoms with Crippen molar-refractivity contribution in [3.63, 3.8) is 0 Å². The van der Waals surface area contributed by atoms with Crippen molar-refractivity contribution in [2.24, 2.45) is 11.7 Å². The van der Waals surface area contributed by atoms with Gasteiger partial charge in [0.1, 0.15) is 0 Å². The predicted octanol–water partition coefficient (Wildman–Crippen LogP) is 0.774. The lowest BCUT2D eigenvalue weighted by Crippen LogP contribution is -2.44. The minimum Gasteiger partial charge on any atom is -0.369 e. The zero-order chi connectivity index (χ0) is 19.2. The van der Waals surface area contributed by atoms with Crippen molar-refractivity contribution >= 4 is 11.8 Å². The summed E-state index contributed by atoms with van der Waals surface area (Å²) in [5, 5.41) is 2.90. The maximum Gasteiger partial charge on any atom is 0.254 e. The molecule has 0 unspecified atom stereocenters. The van der Waals surface area contributed by atoms with Gasteiger partial charge in [-0.15, -0.1) is 0 Å². The first-order valence-electron chi connectivity index (χ1n) is 9.08. The van der Waals surface area contributed by atoms with Crippen LogP contribution >= 0.6 is 0 Å². The Labute approximate surface area is 158 Å². The van der Waals surface area contributed by atoms with Crippen LogP contribution in [-0.2, 0) is 4.79 Å². The molecule has 3 rings (SSSR count). The highest BCUT2D eigenvalue weighted by atomic mass is 16.2. The van der Waals surface area contributed by atoms with Crippen molar-refractivity contribution in [1.82, 2.24) is 25.2 Å². The van der Waals surface area contributed by atoms with E-state index in [1.54, 1.807) is 25.5 Å². The molecule has 0 bridgehead atoms. The number of amides is 2. The van der Waals surface area contributed by atoms with Crippen molar-refractivity contribution in [3.8, 4) is 11.4 Å². The first-order valence-corrected chi connectivity index (χ1v) is 9.08. The molecule has 2 aromatic rings. The summed E-state index contributed by atoms with van der Waals surface area (Å²) in [4.78, 5) is 38.7. The van der Waals surface area contributed by atoms with Crippen LogP contribution in [0, 0.1) is 12.8 Å². The van der Waals surface area contributed by atoms with Crippen LogP contribution in [0.2, 0.25) is 0 Å². The number of carbonyl (C=O) groups excluding carboxylic acids is 2. The van der Waals surface area contributed by atoms with E-state index in [-0.39, 0.29) is 17.7 Å². The lowest BCUT2D eigenvalue weighted by Gasteiger charge is -2.31. The molecule has 1 saturated heterocycles. The van der Waals surface area contributed by atoms with E-state index in [1.165, 1.54) is 0 Å². The molecule has 8 heteroatoms. The Bertz CT molecular complexity index is 811. The normalized spacial score (nSPS) is 17.4. The maximum atomic E-state index is 12.4. The summed E-state index contributed by atoms with van der Waals surface area (Å²) in [5.41, 5.74) is 7.28. The van der Waals surface area contributed by atoms with Crippen LogP contribution in [0.3, 0.4) is 0 Å². The fourth-order valence-electron chi connectivity index (χ4n) is 3.24. The smallest absolute Gasteiger partial charge is 0.254 e. The second-order valence-electron chi connectivity index (χ2n) is 6.73. The average molecular weight is 368 g/mol. The Morgan fingerprint density at radius 3 is 2.93 bits per heavy atom. The Kier molecular flexibility index (Phi) is 6.08. The molecule has 0 spiro atoms. The third-order valence-electron chi connectivity index (χ3n) is 4.77.